The lowest BCUT2D eigenvalue weighted by Gasteiger charge is -2.25. The fourth-order valence-electron chi connectivity index (χ4n) is 4.00. The first-order valence-corrected chi connectivity index (χ1v) is 7.46. The van der Waals surface area contributed by atoms with E-state index in [9.17, 15) is 9.59 Å². The van der Waals surface area contributed by atoms with Crippen molar-refractivity contribution in [1.29, 1.82) is 0 Å². The maximum absolute atomic E-state index is 12.5. The van der Waals surface area contributed by atoms with E-state index in [0.29, 0.717) is 24.9 Å². The summed E-state index contributed by atoms with van der Waals surface area (Å²) in [6, 6.07) is -0.265. The minimum absolute atomic E-state index is 0.0132. The molecular weight excluding hydrogens is 244 g/mol. The molecule has 2 aliphatic heterocycles. The number of carbonyl (C=O) groups excluding carboxylic acids is 1. The third kappa shape index (κ3) is 2.36. The normalized spacial score (nSPS) is 38.2. The molecule has 5 nitrogen and oxygen atoms in total. The molecule has 2 N–H and O–H groups in total. The van der Waals surface area contributed by atoms with Gasteiger partial charge in [0.25, 0.3) is 0 Å². The molecule has 0 spiro atoms. The summed E-state index contributed by atoms with van der Waals surface area (Å²) in [4.78, 5) is 25.3. The van der Waals surface area contributed by atoms with E-state index in [0.717, 1.165) is 19.3 Å². The summed E-state index contributed by atoms with van der Waals surface area (Å²) in [5.41, 5.74) is 0. The monoisotopic (exact) mass is 266 g/mol. The second kappa shape index (κ2) is 5.12. The van der Waals surface area contributed by atoms with Crippen LogP contribution < -0.4 is 5.32 Å². The second-order valence-corrected chi connectivity index (χ2v) is 6.13. The average Bonchev–Trinajstić information content (AvgIpc) is 3.04. The van der Waals surface area contributed by atoms with Gasteiger partial charge in [0.2, 0.25) is 5.91 Å². The zero-order chi connectivity index (χ0) is 13.4. The van der Waals surface area contributed by atoms with Gasteiger partial charge in [0, 0.05) is 12.6 Å². The first kappa shape index (κ1) is 12.9. The Kier molecular flexibility index (Phi) is 3.48. The highest BCUT2D eigenvalue weighted by molar-refractivity contribution is 5.87. The van der Waals surface area contributed by atoms with Crippen LogP contribution in [0.25, 0.3) is 0 Å². The quantitative estimate of drug-likeness (QED) is 0.782. The lowest BCUT2D eigenvalue weighted by molar-refractivity contribution is -0.148. The Bertz CT molecular complexity index is 371. The van der Waals surface area contributed by atoms with Crippen molar-refractivity contribution in [3.8, 4) is 0 Å². The molecular formula is C14H22N2O3. The highest BCUT2D eigenvalue weighted by atomic mass is 16.4. The maximum Gasteiger partial charge on any atom is 0.326 e. The Morgan fingerprint density at radius 3 is 2.63 bits per heavy atom. The first-order valence-electron chi connectivity index (χ1n) is 7.46. The fraction of sp³-hybridized carbons (Fsp3) is 0.857. The van der Waals surface area contributed by atoms with Gasteiger partial charge in [-0.05, 0) is 38.0 Å². The number of carboxylic acid groups (broad SMARTS) is 1. The topological polar surface area (TPSA) is 69.6 Å². The van der Waals surface area contributed by atoms with Gasteiger partial charge >= 0.3 is 5.97 Å². The summed E-state index contributed by atoms with van der Waals surface area (Å²) in [6.07, 6.45) is 7.19. The number of carbonyl (C=O) groups is 2. The number of amides is 1. The van der Waals surface area contributed by atoms with Crippen LogP contribution in [0.1, 0.15) is 44.9 Å². The van der Waals surface area contributed by atoms with Gasteiger partial charge in [-0.1, -0.05) is 12.8 Å². The minimum Gasteiger partial charge on any atom is -0.480 e. The third-order valence-electron chi connectivity index (χ3n) is 4.98. The molecule has 2 saturated heterocycles. The largest absolute Gasteiger partial charge is 0.480 e. The molecule has 3 aliphatic rings. The predicted octanol–water partition coefficient (Wildman–Crippen LogP) is 0.983. The van der Waals surface area contributed by atoms with Crippen molar-refractivity contribution in [3.05, 3.63) is 0 Å². The van der Waals surface area contributed by atoms with E-state index < -0.39 is 12.0 Å². The van der Waals surface area contributed by atoms with Crippen LogP contribution in [-0.4, -0.2) is 46.6 Å². The summed E-state index contributed by atoms with van der Waals surface area (Å²) in [7, 11) is 0. The van der Waals surface area contributed by atoms with Crippen molar-refractivity contribution < 1.29 is 14.7 Å². The third-order valence-corrected chi connectivity index (χ3v) is 4.98. The molecule has 0 aromatic rings. The minimum atomic E-state index is -0.860. The molecule has 19 heavy (non-hydrogen) atoms. The molecule has 2 heterocycles. The van der Waals surface area contributed by atoms with Crippen molar-refractivity contribution >= 4 is 11.9 Å². The van der Waals surface area contributed by atoms with Gasteiger partial charge in [-0.2, -0.15) is 0 Å². The lowest BCUT2D eigenvalue weighted by atomic mass is 9.85. The van der Waals surface area contributed by atoms with Gasteiger partial charge in [0.15, 0.2) is 0 Å². The molecule has 3 rings (SSSR count). The number of rotatable bonds is 2. The van der Waals surface area contributed by atoms with E-state index >= 15 is 0 Å². The van der Waals surface area contributed by atoms with Crippen molar-refractivity contribution in [2.75, 3.05) is 6.54 Å². The highest BCUT2D eigenvalue weighted by Crippen LogP contribution is 2.34. The van der Waals surface area contributed by atoms with Gasteiger partial charge in [-0.3, -0.25) is 4.79 Å². The molecule has 1 aliphatic carbocycles. The Morgan fingerprint density at radius 2 is 1.89 bits per heavy atom. The van der Waals surface area contributed by atoms with Crippen LogP contribution >= 0.6 is 0 Å². The van der Waals surface area contributed by atoms with Gasteiger partial charge in [-0.25, -0.2) is 4.79 Å². The number of hydrogen-bond acceptors (Lipinski definition) is 3. The Morgan fingerprint density at radius 1 is 1.11 bits per heavy atom. The number of carboxylic acids is 1. The van der Waals surface area contributed by atoms with Crippen LogP contribution in [0.15, 0.2) is 0 Å². The molecule has 1 amide bonds. The molecule has 4 unspecified atom stereocenters. The van der Waals surface area contributed by atoms with Crippen molar-refractivity contribution in [1.82, 2.24) is 10.2 Å². The average molecular weight is 266 g/mol. The molecule has 0 radical (unpaired) electrons. The maximum atomic E-state index is 12.5. The molecule has 0 aromatic heterocycles. The number of nitrogens with one attached hydrogen (secondary N) is 1. The van der Waals surface area contributed by atoms with Crippen LogP contribution in [0.3, 0.4) is 0 Å². The smallest absolute Gasteiger partial charge is 0.326 e. The van der Waals surface area contributed by atoms with Crippen LogP contribution in [0, 0.1) is 5.92 Å². The van der Waals surface area contributed by atoms with Gasteiger partial charge < -0.3 is 15.3 Å². The molecule has 0 aromatic carbocycles. The summed E-state index contributed by atoms with van der Waals surface area (Å²) >= 11 is 0. The summed E-state index contributed by atoms with van der Waals surface area (Å²) in [6.45, 7) is 0.601. The standard InChI is InChI=1S/C14H22N2O3/c17-13(16-7-3-6-12(16)14(18)19)11-8-9-4-1-2-5-10(9)15-11/h9-12,15H,1-8H2,(H,18,19). The summed E-state index contributed by atoms with van der Waals surface area (Å²) in [5, 5.41) is 12.6. The number of aliphatic carboxylic acids is 1. The number of nitrogens with zero attached hydrogens (tertiary/aromatic N) is 1. The van der Waals surface area contributed by atoms with Crippen LogP contribution in [0.4, 0.5) is 0 Å². The Balaban J connectivity index is 1.66. The zero-order valence-corrected chi connectivity index (χ0v) is 11.2. The molecule has 4 atom stereocenters. The number of likely N-dealkylation sites (tertiary alicyclic amines) is 1. The van der Waals surface area contributed by atoms with E-state index in [1.54, 1.807) is 4.90 Å². The first-order chi connectivity index (χ1) is 9.16. The highest BCUT2D eigenvalue weighted by Gasteiger charge is 2.43. The molecule has 3 fully saturated rings. The molecule has 1 saturated carbocycles. The Labute approximate surface area is 113 Å². The van der Waals surface area contributed by atoms with Gasteiger partial charge in [-0.15, -0.1) is 0 Å². The van der Waals surface area contributed by atoms with Gasteiger partial charge in [0.05, 0.1) is 6.04 Å². The summed E-state index contributed by atoms with van der Waals surface area (Å²) < 4.78 is 0. The van der Waals surface area contributed by atoms with Crippen LogP contribution in [-0.2, 0) is 9.59 Å². The molecule has 5 heteroatoms. The van der Waals surface area contributed by atoms with Gasteiger partial charge in [0.1, 0.15) is 6.04 Å². The van der Waals surface area contributed by atoms with Crippen molar-refractivity contribution in [2.45, 2.75) is 63.1 Å². The van der Waals surface area contributed by atoms with Crippen molar-refractivity contribution in [3.63, 3.8) is 0 Å². The zero-order valence-electron chi connectivity index (χ0n) is 11.2. The fourth-order valence-corrected chi connectivity index (χ4v) is 4.00. The summed E-state index contributed by atoms with van der Waals surface area (Å²) in [5.74, 6) is -0.228. The van der Waals surface area contributed by atoms with E-state index in [4.69, 9.17) is 5.11 Å². The molecule has 0 bridgehead atoms. The Hall–Kier alpha value is -1.10. The van der Waals surface area contributed by atoms with E-state index in [-0.39, 0.29) is 11.9 Å². The lowest BCUT2D eigenvalue weighted by Crippen LogP contribution is -2.49. The van der Waals surface area contributed by atoms with Crippen LogP contribution in [0.5, 0.6) is 0 Å². The molecule has 106 valence electrons. The van der Waals surface area contributed by atoms with Crippen LogP contribution in [0.2, 0.25) is 0 Å². The number of fused-ring (bicyclic) bond motifs is 1. The predicted molar refractivity (Wildman–Crippen MR) is 69.7 cm³/mol. The van der Waals surface area contributed by atoms with E-state index in [1.807, 2.05) is 0 Å². The number of hydrogen-bond donors (Lipinski definition) is 2. The SMILES string of the molecule is O=C(O)C1CCCN1C(=O)C1CC2CCCCC2N1. The van der Waals surface area contributed by atoms with E-state index in [2.05, 4.69) is 5.32 Å². The van der Waals surface area contributed by atoms with Crippen molar-refractivity contribution in [2.24, 2.45) is 5.92 Å². The van der Waals surface area contributed by atoms with E-state index in [1.165, 1.54) is 19.3 Å². The second-order valence-electron chi connectivity index (χ2n) is 6.13.